The van der Waals surface area contributed by atoms with Crippen LogP contribution in [0.25, 0.3) is 0 Å². The van der Waals surface area contributed by atoms with Crippen molar-refractivity contribution in [1.29, 1.82) is 0 Å². The summed E-state index contributed by atoms with van der Waals surface area (Å²) in [5.41, 5.74) is 0. The van der Waals surface area contributed by atoms with Gasteiger partial charge in [0.15, 0.2) is 0 Å². The van der Waals surface area contributed by atoms with Gasteiger partial charge in [-0.15, -0.1) is 0 Å². The molecule has 2 atom stereocenters. The van der Waals surface area contributed by atoms with Crippen molar-refractivity contribution >= 4 is 49.3 Å². The molecule has 0 amide bonds. The van der Waals surface area contributed by atoms with Crippen molar-refractivity contribution < 1.29 is 0 Å². The predicted octanol–water partition coefficient (Wildman–Crippen LogP) is 2.15. The van der Waals surface area contributed by atoms with Crippen molar-refractivity contribution in [2.45, 2.75) is 32.5 Å². The zero-order chi connectivity index (χ0) is 10.7. The summed E-state index contributed by atoms with van der Waals surface area (Å²) in [6.45, 7) is 4.92. The third kappa shape index (κ3) is 3.93. The molecule has 1 aliphatic heterocycles. The van der Waals surface area contributed by atoms with Crippen LogP contribution < -0.4 is 4.46 Å². The molecule has 3 heteroatoms. The zero-order valence-corrected chi connectivity index (χ0v) is 14.2. The van der Waals surface area contributed by atoms with Crippen molar-refractivity contribution in [3.8, 4) is 0 Å². The van der Waals surface area contributed by atoms with Crippen LogP contribution in [-0.4, -0.2) is 44.9 Å². The van der Waals surface area contributed by atoms with Crippen LogP contribution in [0.5, 0.6) is 0 Å². The van der Waals surface area contributed by atoms with Crippen molar-refractivity contribution in [3.63, 3.8) is 0 Å². The van der Waals surface area contributed by atoms with E-state index in [4.69, 9.17) is 0 Å². The van der Waals surface area contributed by atoms with E-state index in [2.05, 4.69) is 44.2 Å². The number of rotatable bonds is 2. The van der Waals surface area contributed by atoms with Gasteiger partial charge >= 0.3 is 112 Å². The van der Waals surface area contributed by atoms with Gasteiger partial charge in [-0.25, -0.2) is 0 Å². The summed E-state index contributed by atoms with van der Waals surface area (Å²) in [5, 5.41) is 0. The molecular weight excluding hydrogens is 381 g/mol. The molecule has 82 valence electrons. The fraction of sp³-hybridized carbons (Fsp3) is 0.500. The van der Waals surface area contributed by atoms with Crippen LogP contribution in [0.15, 0.2) is 30.3 Å². The van der Waals surface area contributed by atoms with Gasteiger partial charge in [0.05, 0.1) is 0 Å². The van der Waals surface area contributed by atoms with E-state index < -0.39 is 0 Å². The number of hydrogen-bond acceptors (Lipinski definition) is 0. The molecule has 0 N–H and O–H groups in total. The van der Waals surface area contributed by atoms with Crippen LogP contribution in [0, 0.1) is 0 Å². The second kappa shape index (κ2) is 5.92. The molecule has 0 radical (unpaired) electrons. The molecule has 0 saturated carbocycles. The van der Waals surface area contributed by atoms with E-state index in [1.54, 1.807) is 4.46 Å². The topological polar surface area (TPSA) is 0 Å². The molecule has 1 fully saturated rings. The molecule has 2 unspecified atom stereocenters. The Morgan fingerprint density at radius 3 is 2.27 bits per heavy atom. The van der Waals surface area contributed by atoms with Gasteiger partial charge in [-0.05, 0) is 0 Å². The predicted molar refractivity (Wildman–Crippen MR) is 70.6 cm³/mol. The summed E-state index contributed by atoms with van der Waals surface area (Å²) >= 11 is 2.59. The van der Waals surface area contributed by atoms with E-state index in [-0.39, 0.29) is 0 Å². The Bertz CT molecular complexity index is 289. The average Bonchev–Trinajstić information content (AvgIpc) is 2.17. The molecule has 1 aromatic rings. The first-order chi connectivity index (χ1) is 7.24. The first kappa shape index (κ1) is 12.2. The third-order valence-corrected chi connectivity index (χ3v) is 14.5. The van der Waals surface area contributed by atoms with Gasteiger partial charge < -0.3 is 0 Å². The summed E-state index contributed by atoms with van der Waals surface area (Å²) in [7, 11) is 0. The molecule has 15 heavy (non-hydrogen) atoms. The van der Waals surface area contributed by atoms with Gasteiger partial charge in [0, 0.05) is 0 Å². The Kier molecular flexibility index (Phi) is 4.83. The van der Waals surface area contributed by atoms with Gasteiger partial charge in [0.2, 0.25) is 0 Å². The quantitative estimate of drug-likeness (QED) is 0.672. The molecule has 0 bridgehead atoms. The van der Waals surface area contributed by atoms with Crippen LogP contribution in [0.1, 0.15) is 20.3 Å². The molecule has 1 heterocycles. The fourth-order valence-electron chi connectivity index (χ4n) is 1.66. The van der Waals surface area contributed by atoms with Crippen LogP contribution in [0.4, 0.5) is 0 Å². The maximum absolute atomic E-state index is 2.46. The zero-order valence-electron chi connectivity index (χ0n) is 9.05. The Balaban J connectivity index is 1.94. The molecule has 0 aliphatic carbocycles. The molecule has 0 aromatic heterocycles. The molecule has 1 aliphatic rings. The maximum atomic E-state index is 2.46. The van der Waals surface area contributed by atoms with Gasteiger partial charge in [0.25, 0.3) is 0 Å². The van der Waals surface area contributed by atoms with E-state index in [0.29, 0.717) is 0 Å². The molecule has 2 rings (SSSR count). The minimum atomic E-state index is 0.754. The van der Waals surface area contributed by atoms with Gasteiger partial charge in [-0.3, -0.25) is 0 Å². The number of hydrogen-bond donors (Lipinski definition) is 0. The first-order valence-electron chi connectivity index (χ1n) is 5.26. The van der Waals surface area contributed by atoms with E-state index in [1.165, 1.54) is 6.42 Å². The van der Waals surface area contributed by atoms with Gasteiger partial charge in [-0.2, -0.15) is 0 Å². The Morgan fingerprint density at radius 1 is 1.07 bits per heavy atom. The third-order valence-electron chi connectivity index (χ3n) is 2.33. The van der Waals surface area contributed by atoms with Crippen LogP contribution >= 0.6 is 0 Å². The Hall–Kier alpha value is 0.778. The van der Waals surface area contributed by atoms with Crippen molar-refractivity contribution in [2.75, 3.05) is 0 Å². The normalized spacial score (nSPS) is 31.5. The summed E-state index contributed by atoms with van der Waals surface area (Å²) < 4.78 is 2.72. The second-order valence-corrected chi connectivity index (χ2v) is 17.4. The Labute approximate surface area is 111 Å². The minimum absolute atomic E-state index is 0.754. The summed E-state index contributed by atoms with van der Waals surface area (Å²) in [4.78, 5) is 2.05. The molecule has 0 nitrogen and oxygen atoms in total. The van der Waals surface area contributed by atoms with Gasteiger partial charge in [-0.1, -0.05) is 0 Å². The summed E-state index contributed by atoms with van der Waals surface area (Å²) in [6.07, 6.45) is 1.50. The molecular formula is C12H16Se3. The van der Waals surface area contributed by atoms with E-state index >= 15 is 0 Å². The van der Waals surface area contributed by atoms with Crippen molar-refractivity contribution in [2.24, 2.45) is 0 Å². The summed E-state index contributed by atoms with van der Waals surface area (Å²) in [5.74, 6) is 0. The summed E-state index contributed by atoms with van der Waals surface area (Å²) in [6, 6.07) is 11.1. The standard InChI is InChI=1S/C12H16Se3/c1-9-8-10(2)14-12(13-9)15-11-6-4-3-5-7-11/h3-7,9-10,12H,8H2,1-2H3. The number of benzene rings is 1. The van der Waals surface area contributed by atoms with E-state index in [1.807, 2.05) is 0 Å². The first-order valence-corrected chi connectivity index (χ1v) is 11.1. The monoisotopic (exact) mass is 400 g/mol. The van der Waals surface area contributed by atoms with Gasteiger partial charge in [0.1, 0.15) is 0 Å². The Morgan fingerprint density at radius 2 is 1.67 bits per heavy atom. The van der Waals surface area contributed by atoms with Crippen LogP contribution in [0.3, 0.4) is 0 Å². The van der Waals surface area contributed by atoms with Crippen LogP contribution in [0.2, 0.25) is 12.2 Å². The molecule has 1 aromatic carbocycles. The van der Waals surface area contributed by atoms with Crippen molar-refractivity contribution in [3.05, 3.63) is 30.3 Å². The SMILES string of the molecule is CC1CC(C)[Se]C([Se]c2ccccc2)[Se]1. The average molecular weight is 397 g/mol. The van der Waals surface area contributed by atoms with E-state index in [9.17, 15) is 0 Å². The van der Waals surface area contributed by atoms with E-state index in [0.717, 1.165) is 57.1 Å². The second-order valence-electron chi connectivity index (χ2n) is 3.85. The van der Waals surface area contributed by atoms with Crippen LogP contribution in [-0.2, 0) is 0 Å². The van der Waals surface area contributed by atoms with Crippen molar-refractivity contribution in [1.82, 2.24) is 0 Å². The fourth-order valence-corrected chi connectivity index (χ4v) is 19.6. The molecule has 0 spiro atoms. The molecule has 1 saturated heterocycles.